The summed E-state index contributed by atoms with van der Waals surface area (Å²) >= 11 is 0. The van der Waals surface area contributed by atoms with Gasteiger partial charge in [0, 0.05) is 6.04 Å². The molecule has 1 aromatic heterocycles. The lowest BCUT2D eigenvalue weighted by atomic mass is 9.89. The fourth-order valence-corrected chi connectivity index (χ4v) is 2.27. The standard InChI is InChI=1S/C14H22N2O/c1-10-3-5-12(6-4-10)17-13-7-8-14(11(2)15)16-9-13/h7-12H,3-6,15H2,1-2H3/t10?,11-,12?/m1/s1. The van der Waals surface area contributed by atoms with Gasteiger partial charge in [-0.25, -0.2) is 0 Å². The zero-order valence-electron chi connectivity index (χ0n) is 10.7. The monoisotopic (exact) mass is 234 g/mol. The Morgan fingerprint density at radius 1 is 1.29 bits per heavy atom. The van der Waals surface area contributed by atoms with E-state index in [1.807, 2.05) is 19.1 Å². The first-order valence-electron chi connectivity index (χ1n) is 6.53. The quantitative estimate of drug-likeness (QED) is 0.874. The maximum Gasteiger partial charge on any atom is 0.138 e. The largest absolute Gasteiger partial charge is 0.489 e. The van der Waals surface area contributed by atoms with Gasteiger partial charge in [0.15, 0.2) is 0 Å². The smallest absolute Gasteiger partial charge is 0.138 e. The van der Waals surface area contributed by atoms with Crippen LogP contribution in [-0.4, -0.2) is 11.1 Å². The molecule has 1 heterocycles. The summed E-state index contributed by atoms with van der Waals surface area (Å²) < 4.78 is 5.94. The van der Waals surface area contributed by atoms with E-state index in [0.717, 1.165) is 30.2 Å². The van der Waals surface area contributed by atoms with E-state index in [1.165, 1.54) is 12.8 Å². The molecule has 1 aliphatic carbocycles. The molecule has 1 fully saturated rings. The summed E-state index contributed by atoms with van der Waals surface area (Å²) in [5.74, 6) is 1.72. The van der Waals surface area contributed by atoms with Gasteiger partial charge < -0.3 is 10.5 Å². The lowest BCUT2D eigenvalue weighted by molar-refractivity contribution is 0.135. The average molecular weight is 234 g/mol. The highest BCUT2D eigenvalue weighted by atomic mass is 16.5. The van der Waals surface area contributed by atoms with E-state index >= 15 is 0 Å². The van der Waals surface area contributed by atoms with E-state index in [0.29, 0.717) is 6.10 Å². The van der Waals surface area contributed by atoms with Crippen molar-refractivity contribution in [2.45, 2.75) is 51.7 Å². The molecule has 1 saturated carbocycles. The van der Waals surface area contributed by atoms with Crippen LogP contribution < -0.4 is 10.5 Å². The van der Waals surface area contributed by atoms with Crippen LogP contribution in [-0.2, 0) is 0 Å². The van der Waals surface area contributed by atoms with Crippen LogP contribution in [0.5, 0.6) is 5.75 Å². The highest BCUT2D eigenvalue weighted by Gasteiger charge is 2.19. The van der Waals surface area contributed by atoms with Crippen molar-refractivity contribution in [1.82, 2.24) is 4.98 Å². The molecule has 0 unspecified atom stereocenters. The lowest BCUT2D eigenvalue weighted by Gasteiger charge is -2.26. The Hall–Kier alpha value is -1.09. The third-order valence-electron chi connectivity index (χ3n) is 3.49. The van der Waals surface area contributed by atoms with E-state index in [9.17, 15) is 0 Å². The van der Waals surface area contributed by atoms with Crippen LogP contribution >= 0.6 is 0 Å². The highest BCUT2D eigenvalue weighted by Crippen LogP contribution is 2.27. The minimum absolute atomic E-state index is 0.0143. The molecule has 0 spiro atoms. The van der Waals surface area contributed by atoms with Gasteiger partial charge in [-0.15, -0.1) is 0 Å². The fraction of sp³-hybridized carbons (Fsp3) is 0.643. The van der Waals surface area contributed by atoms with Crippen molar-refractivity contribution in [1.29, 1.82) is 0 Å². The molecule has 17 heavy (non-hydrogen) atoms. The Morgan fingerprint density at radius 3 is 2.53 bits per heavy atom. The lowest BCUT2D eigenvalue weighted by Crippen LogP contribution is -2.23. The molecule has 1 atom stereocenters. The molecule has 0 amide bonds. The van der Waals surface area contributed by atoms with Gasteiger partial charge in [-0.05, 0) is 50.7 Å². The van der Waals surface area contributed by atoms with Crippen molar-refractivity contribution < 1.29 is 4.74 Å². The summed E-state index contributed by atoms with van der Waals surface area (Å²) in [7, 11) is 0. The van der Waals surface area contributed by atoms with Crippen LogP contribution in [0, 0.1) is 5.92 Å². The van der Waals surface area contributed by atoms with Crippen molar-refractivity contribution >= 4 is 0 Å². The molecule has 3 heteroatoms. The van der Waals surface area contributed by atoms with E-state index in [2.05, 4.69) is 11.9 Å². The Morgan fingerprint density at radius 2 is 2.00 bits per heavy atom. The zero-order chi connectivity index (χ0) is 12.3. The first kappa shape index (κ1) is 12.4. The van der Waals surface area contributed by atoms with Crippen LogP contribution in [0.2, 0.25) is 0 Å². The van der Waals surface area contributed by atoms with Crippen molar-refractivity contribution in [3.63, 3.8) is 0 Å². The number of nitrogens with two attached hydrogens (primary N) is 1. The van der Waals surface area contributed by atoms with Crippen LogP contribution in [0.4, 0.5) is 0 Å². The first-order valence-corrected chi connectivity index (χ1v) is 6.53. The molecule has 1 aliphatic rings. The molecule has 0 aromatic carbocycles. The summed E-state index contributed by atoms with van der Waals surface area (Å²) in [4.78, 5) is 4.31. The van der Waals surface area contributed by atoms with Crippen LogP contribution in [0.15, 0.2) is 18.3 Å². The van der Waals surface area contributed by atoms with E-state index < -0.39 is 0 Å². The third-order valence-corrected chi connectivity index (χ3v) is 3.49. The number of ether oxygens (including phenoxy) is 1. The van der Waals surface area contributed by atoms with Crippen molar-refractivity contribution in [2.24, 2.45) is 11.7 Å². The van der Waals surface area contributed by atoms with Crippen molar-refractivity contribution in [2.75, 3.05) is 0 Å². The average Bonchev–Trinajstić information content (AvgIpc) is 2.33. The van der Waals surface area contributed by atoms with Gasteiger partial charge >= 0.3 is 0 Å². The van der Waals surface area contributed by atoms with Gasteiger partial charge in [0.2, 0.25) is 0 Å². The summed E-state index contributed by atoms with van der Waals surface area (Å²) in [6, 6.07) is 3.91. The van der Waals surface area contributed by atoms with Gasteiger partial charge in [-0.1, -0.05) is 6.92 Å². The molecule has 0 saturated heterocycles. The minimum atomic E-state index is -0.0143. The van der Waals surface area contributed by atoms with Gasteiger partial charge in [0.05, 0.1) is 18.0 Å². The van der Waals surface area contributed by atoms with Crippen LogP contribution in [0.3, 0.4) is 0 Å². The number of rotatable bonds is 3. The topological polar surface area (TPSA) is 48.1 Å². The Labute approximate surface area is 103 Å². The molecule has 0 aliphatic heterocycles. The Kier molecular flexibility index (Phi) is 4.00. The number of nitrogens with zero attached hydrogens (tertiary/aromatic N) is 1. The van der Waals surface area contributed by atoms with Crippen molar-refractivity contribution in [3.05, 3.63) is 24.0 Å². The first-order chi connectivity index (χ1) is 8.15. The van der Waals surface area contributed by atoms with Crippen LogP contribution in [0.25, 0.3) is 0 Å². The molecule has 2 N–H and O–H groups in total. The van der Waals surface area contributed by atoms with E-state index in [4.69, 9.17) is 10.5 Å². The predicted octanol–water partition coefficient (Wildman–Crippen LogP) is 3.06. The van der Waals surface area contributed by atoms with Crippen molar-refractivity contribution in [3.8, 4) is 5.75 Å². The van der Waals surface area contributed by atoms with Crippen LogP contribution in [0.1, 0.15) is 51.3 Å². The third kappa shape index (κ3) is 3.43. The highest BCUT2D eigenvalue weighted by molar-refractivity contribution is 5.21. The van der Waals surface area contributed by atoms with E-state index in [1.54, 1.807) is 6.20 Å². The van der Waals surface area contributed by atoms with Gasteiger partial charge in [-0.3, -0.25) is 4.98 Å². The second-order valence-electron chi connectivity index (χ2n) is 5.21. The predicted molar refractivity (Wildman–Crippen MR) is 68.9 cm³/mol. The SMILES string of the molecule is CC1CCC(Oc2ccc([C@@H](C)N)nc2)CC1. The molecule has 2 rings (SSSR count). The summed E-state index contributed by atoms with van der Waals surface area (Å²) in [6.45, 7) is 4.25. The summed E-state index contributed by atoms with van der Waals surface area (Å²) in [5.41, 5.74) is 6.67. The van der Waals surface area contributed by atoms with Gasteiger partial charge in [-0.2, -0.15) is 0 Å². The maximum absolute atomic E-state index is 5.94. The second-order valence-corrected chi connectivity index (χ2v) is 5.21. The Balaban J connectivity index is 1.90. The number of hydrogen-bond donors (Lipinski definition) is 1. The fourth-order valence-electron chi connectivity index (χ4n) is 2.27. The number of hydrogen-bond acceptors (Lipinski definition) is 3. The van der Waals surface area contributed by atoms with E-state index in [-0.39, 0.29) is 6.04 Å². The normalized spacial score (nSPS) is 26.5. The molecular formula is C14H22N2O. The second kappa shape index (κ2) is 5.50. The molecular weight excluding hydrogens is 212 g/mol. The molecule has 94 valence electrons. The summed E-state index contributed by atoms with van der Waals surface area (Å²) in [5, 5.41) is 0. The molecule has 3 nitrogen and oxygen atoms in total. The molecule has 1 aromatic rings. The maximum atomic E-state index is 5.94. The summed E-state index contributed by atoms with van der Waals surface area (Å²) in [6.07, 6.45) is 7.03. The molecule has 0 radical (unpaired) electrons. The van der Waals surface area contributed by atoms with Gasteiger partial charge in [0.25, 0.3) is 0 Å². The zero-order valence-corrected chi connectivity index (χ0v) is 10.7. The number of pyridine rings is 1. The van der Waals surface area contributed by atoms with Gasteiger partial charge in [0.1, 0.15) is 5.75 Å². The molecule has 0 bridgehead atoms. The Bertz CT molecular complexity index is 340. The number of aromatic nitrogens is 1. The minimum Gasteiger partial charge on any atom is -0.489 e.